The van der Waals surface area contributed by atoms with E-state index < -0.39 is 0 Å². The summed E-state index contributed by atoms with van der Waals surface area (Å²) in [6, 6.07) is 11.5. The standard InChI is InChI=1S/C20H26N4O/c1-14-4-6-16(7-5-14)20(25)22-18-13-19(15(2)12-17(18)21)24-10-8-23(3)9-11-24/h4-7,12-13H,8-11,21H2,1-3H3,(H,22,25). The van der Waals surface area contributed by atoms with Gasteiger partial charge in [0.2, 0.25) is 0 Å². The van der Waals surface area contributed by atoms with Crippen LogP contribution in [0, 0.1) is 13.8 Å². The first-order chi connectivity index (χ1) is 11.9. The highest BCUT2D eigenvalue weighted by molar-refractivity contribution is 6.06. The van der Waals surface area contributed by atoms with Gasteiger partial charge in [0, 0.05) is 37.4 Å². The van der Waals surface area contributed by atoms with Gasteiger partial charge in [-0.25, -0.2) is 0 Å². The minimum atomic E-state index is -0.139. The average molecular weight is 338 g/mol. The summed E-state index contributed by atoms with van der Waals surface area (Å²) in [6.07, 6.45) is 0. The molecule has 2 aromatic rings. The third-order valence-corrected chi connectivity index (χ3v) is 4.77. The first kappa shape index (κ1) is 17.3. The molecule has 5 heteroatoms. The van der Waals surface area contributed by atoms with Crippen LogP contribution in [-0.4, -0.2) is 44.0 Å². The van der Waals surface area contributed by atoms with Crippen molar-refractivity contribution in [1.82, 2.24) is 4.90 Å². The van der Waals surface area contributed by atoms with Crippen molar-refractivity contribution < 1.29 is 4.79 Å². The summed E-state index contributed by atoms with van der Waals surface area (Å²) in [5.41, 5.74) is 11.5. The summed E-state index contributed by atoms with van der Waals surface area (Å²) in [4.78, 5) is 17.2. The number of carbonyl (C=O) groups excluding carboxylic acids is 1. The number of nitrogens with one attached hydrogen (secondary N) is 1. The molecule has 5 nitrogen and oxygen atoms in total. The Labute approximate surface area is 149 Å². The number of amides is 1. The lowest BCUT2D eigenvalue weighted by Crippen LogP contribution is -2.44. The number of anilines is 3. The maximum absolute atomic E-state index is 12.5. The zero-order valence-corrected chi connectivity index (χ0v) is 15.2. The van der Waals surface area contributed by atoms with Crippen LogP contribution in [0.5, 0.6) is 0 Å². The van der Waals surface area contributed by atoms with Gasteiger partial charge in [0.05, 0.1) is 11.4 Å². The molecule has 0 aromatic heterocycles. The minimum Gasteiger partial charge on any atom is -0.397 e. The van der Waals surface area contributed by atoms with Gasteiger partial charge < -0.3 is 20.9 Å². The van der Waals surface area contributed by atoms with Gasteiger partial charge in [-0.1, -0.05) is 17.7 Å². The predicted octanol–water partition coefficient (Wildman–Crippen LogP) is 2.89. The smallest absolute Gasteiger partial charge is 0.255 e. The lowest BCUT2D eigenvalue weighted by Gasteiger charge is -2.35. The van der Waals surface area contributed by atoms with Crippen LogP contribution in [0.15, 0.2) is 36.4 Å². The Morgan fingerprint density at radius 2 is 1.68 bits per heavy atom. The average Bonchev–Trinajstić information content (AvgIpc) is 2.59. The number of benzene rings is 2. The fraction of sp³-hybridized carbons (Fsp3) is 0.350. The number of carbonyl (C=O) groups is 1. The second-order valence-electron chi connectivity index (χ2n) is 6.84. The molecule has 3 rings (SSSR count). The molecule has 0 bridgehead atoms. The van der Waals surface area contributed by atoms with Crippen molar-refractivity contribution in [2.45, 2.75) is 13.8 Å². The van der Waals surface area contributed by atoms with Gasteiger partial charge in [-0.05, 0) is 50.7 Å². The summed E-state index contributed by atoms with van der Waals surface area (Å²) in [5, 5.41) is 2.96. The maximum atomic E-state index is 12.5. The number of nitrogens with two attached hydrogens (primary N) is 1. The van der Waals surface area contributed by atoms with Crippen LogP contribution in [0.4, 0.5) is 17.1 Å². The molecule has 0 unspecified atom stereocenters. The normalized spacial score (nSPS) is 15.2. The Bertz CT molecular complexity index is 762. The molecule has 25 heavy (non-hydrogen) atoms. The molecule has 0 spiro atoms. The van der Waals surface area contributed by atoms with Crippen LogP contribution in [0.2, 0.25) is 0 Å². The molecule has 1 heterocycles. The zero-order valence-electron chi connectivity index (χ0n) is 15.2. The number of hydrogen-bond donors (Lipinski definition) is 2. The molecule has 1 saturated heterocycles. The molecular formula is C20H26N4O. The van der Waals surface area contributed by atoms with Crippen molar-refractivity contribution in [3.63, 3.8) is 0 Å². The van der Waals surface area contributed by atoms with E-state index in [4.69, 9.17) is 5.73 Å². The molecule has 1 aliphatic heterocycles. The predicted molar refractivity (Wildman–Crippen MR) is 104 cm³/mol. The second kappa shape index (κ2) is 7.15. The molecule has 1 fully saturated rings. The van der Waals surface area contributed by atoms with Crippen LogP contribution in [0.1, 0.15) is 21.5 Å². The maximum Gasteiger partial charge on any atom is 0.255 e. The van der Waals surface area contributed by atoms with Gasteiger partial charge in [-0.3, -0.25) is 4.79 Å². The van der Waals surface area contributed by atoms with Crippen LogP contribution in [-0.2, 0) is 0 Å². The fourth-order valence-electron chi connectivity index (χ4n) is 3.11. The van der Waals surface area contributed by atoms with Crippen molar-refractivity contribution in [2.24, 2.45) is 0 Å². The molecule has 0 aliphatic carbocycles. The largest absolute Gasteiger partial charge is 0.397 e. The fourth-order valence-corrected chi connectivity index (χ4v) is 3.11. The van der Waals surface area contributed by atoms with Gasteiger partial charge >= 0.3 is 0 Å². The van der Waals surface area contributed by atoms with E-state index >= 15 is 0 Å². The monoisotopic (exact) mass is 338 g/mol. The number of nitrogen functional groups attached to an aromatic ring is 1. The van der Waals surface area contributed by atoms with E-state index in [1.807, 2.05) is 43.3 Å². The highest BCUT2D eigenvalue weighted by Gasteiger charge is 2.18. The van der Waals surface area contributed by atoms with E-state index in [0.717, 1.165) is 43.0 Å². The number of likely N-dealkylation sites (N-methyl/N-ethyl adjacent to an activating group) is 1. The highest BCUT2D eigenvalue weighted by Crippen LogP contribution is 2.30. The Morgan fingerprint density at radius 1 is 1.04 bits per heavy atom. The third kappa shape index (κ3) is 3.94. The topological polar surface area (TPSA) is 61.6 Å². The molecule has 0 saturated carbocycles. The van der Waals surface area contributed by atoms with Crippen LogP contribution in [0.25, 0.3) is 0 Å². The Hall–Kier alpha value is -2.53. The van der Waals surface area contributed by atoms with E-state index in [9.17, 15) is 4.79 Å². The molecule has 1 aliphatic rings. The Morgan fingerprint density at radius 3 is 2.32 bits per heavy atom. The van der Waals surface area contributed by atoms with Gasteiger partial charge in [-0.2, -0.15) is 0 Å². The summed E-state index contributed by atoms with van der Waals surface area (Å²) < 4.78 is 0. The first-order valence-corrected chi connectivity index (χ1v) is 8.65. The highest BCUT2D eigenvalue weighted by atomic mass is 16.1. The Kier molecular flexibility index (Phi) is 4.95. The molecular weight excluding hydrogens is 312 g/mol. The molecule has 3 N–H and O–H groups in total. The first-order valence-electron chi connectivity index (χ1n) is 8.65. The SMILES string of the molecule is Cc1ccc(C(=O)Nc2cc(N3CCN(C)CC3)c(C)cc2N)cc1. The van der Waals surface area contributed by atoms with Crippen molar-refractivity contribution >= 4 is 23.0 Å². The van der Waals surface area contributed by atoms with E-state index in [0.29, 0.717) is 16.9 Å². The number of hydrogen-bond acceptors (Lipinski definition) is 4. The summed E-state index contributed by atoms with van der Waals surface area (Å²) in [6.45, 7) is 8.10. The number of piperazine rings is 1. The summed E-state index contributed by atoms with van der Waals surface area (Å²) in [7, 11) is 2.14. The van der Waals surface area contributed by atoms with E-state index in [1.54, 1.807) is 0 Å². The van der Waals surface area contributed by atoms with Gasteiger partial charge in [0.15, 0.2) is 0 Å². The lowest BCUT2D eigenvalue weighted by molar-refractivity contribution is 0.102. The quantitative estimate of drug-likeness (QED) is 0.845. The van der Waals surface area contributed by atoms with Crippen molar-refractivity contribution in [3.8, 4) is 0 Å². The lowest BCUT2D eigenvalue weighted by atomic mass is 10.1. The molecule has 2 aromatic carbocycles. The number of rotatable bonds is 3. The summed E-state index contributed by atoms with van der Waals surface area (Å²) >= 11 is 0. The van der Waals surface area contributed by atoms with Gasteiger partial charge in [0.1, 0.15) is 0 Å². The van der Waals surface area contributed by atoms with Crippen LogP contribution in [0.3, 0.4) is 0 Å². The molecule has 0 atom stereocenters. The van der Waals surface area contributed by atoms with Crippen molar-refractivity contribution in [1.29, 1.82) is 0 Å². The molecule has 132 valence electrons. The summed E-state index contributed by atoms with van der Waals surface area (Å²) in [5.74, 6) is -0.139. The van der Waals surface area contributed by atoms with Crippen LogP contribution >= 0.6 is 0 Å². The molecule has 0 radical (unpaired) electrons. The van der Waals surface area contributed by atoms with Gasteiger partial charge in [-0.15, -0.1) is 0 Å². The van der Waals surface area contributed by atoms with E-state index in [-0.39, 0.29) is 5.91 Å². The third-order valence-electron chi connectivity index (χ3n) is 4.77. The van der Waals surface area contributed by atoms with Gasteiger partial charge in [0.25, 0.3) is 5.91 Å². The van der Waals surface area contributed by atoms with Crippen LogP contribution < -0.4 is 16.0 Å². The van der Waals surface area contributed by atoms with E-state index in [2.05, 4.69) is 29.1 Å². The Balaban J connectivity index is 1.82. The van der Waals surface area contributed by atoms with E-state index in [1.165, 1.54) is 0 Å². The van der Waals surface area contributed by atoms with Crippen molar-refractivity contribution in [3.05, 3.63) is 53.1 Å². The van der Waals surface area contributed by atoms with Crippen molar-refractivity contribution in [2.75, 3.05) is 49.2 Å². The second-order valence-corrected chi connectivity index (χ2v) is 6.84. The zero-order chi connectivity index (χ0) is 18.0. The number of aryl methyl sites for hydroxylation is 2. The number of nitrogens with zero attached hydrogens (tertiary/aromatic N) is 2. The molecule has 1 amide bonds. The minimum absolute atomic E-state index is 0.139.